The van der Waals surface area contributed by atoms with Gasteiger partial charge in [-0.1, -0.05) is 6.07 Å². The highest BCUT2D eigenvalue weighted by Crippen LogP contribution is 2.24. The third kappa shape index (κ3) is 3.72. The Labute approximate surface area is 161 Å². The lowest BCUT2D eigenvalue weighted by Gasteiger charge is -2.22. The van der Waals surface area contributed by atoms with Crippen LogP contribution in [0.15, 0.2) is 52.2 Å². The molecule has 3 heterocycles. The number of rotatable bonds is 4. The first-order valence-electron chi connectivity index (χ1n) is 9.23. The summed E-state index contributed by atoms with van der Waals surface area (Å²) in [4.78, 5) is 29.2. The summed E-state index contributed by atoms with van der Waals surface area (Å²) in [7, 11) is 0. The van der Waals surface area contributed by atoms with Gasteiger partial charge in [0.05, 0.1) is 5.69 Å². The molecule has 1 unspecified atom stereocenters. The maximum Gasteiger partial charge on any atom is 0.349 e. The number of aromatic nitrogens is 3. The molecule has 0 bridgehead atoms. The van der Waals surface area contributed by atoms with Crippen molar-refractivity contribution in [3.63, 3.8) is 0 Å². The van der Waals surface area contributed by atoms with Crippen LogP contribution in [0.2, 0.25) is 0 Å². The quantitative estimate of drug-likeness (QED) is 0.721. The highest BCUT2D eigenvalue weighted by atomic mass is 16.4. The molecule has 28 heavy (non-hydrogen) atoms. The van der Waals surface area contributed by atoms with Gasteiger partial charge in [-0.25, -0.2) is 14.5 Å². The van der Waals surface area contributed by atoms with Gasteiger partial charge in [-0.2, -0.15) is 5.10 Å². The molecule has 8 heteroatoms. The maximum atomic E-state index is 12.7. The lowest BCUT2D eigenvalue weighted by Crippen LogP contribution is -2.30. The van der Waals surface area contributed by atoms with E-state index < -0.39 is 11.5 Å². The van der Waals surface area contributed by atoms with E-state index in [9.17, 15) is 9.59 Å². The van der Waals surface area contributed by atoms with Crippen molar-refractivity contribution in [2.45, 2.75) is 25.7 Å². The summed E-state index contributed by atoms with van der Waals surface area (Å²) in [5.41, 5.74) is 1.34. The lowest BCUT2D eigenvalue weighted by molar-refractivity contribution is 0.102. The fraction of sp³-hybridized carbons (Fsp3) is 0.300. The molecular weight excluding hydrogens is 358 g/mol. The molecule has 2 aromatic heterocycles. The predicted molar refractivity (Wildman–Crippen MR) is 104 cm³/mol. The van der Waals surface area contributed by atoms with Crippen LogP contribution in [0.25, 0.3) is 5.69 Å². The van der Waals surface area contributed by atoms with Crippen LogP contribution in [-0.2, 0) is 0 Å². The Kier molecular flexibility index (Phi) is 5.03. The number of carbonyl (C=O) groups excluding carboxylic acids is 1. The van der Waals surface area contributed by atoms with Gasteiger partial charge in [0.25, 0.3) is 5.91 Å². The van der Waals surface area contributed by atoms with E-state index in [1.165, 1.54) is 6.33 Å². The van der Waals surface area contributed by atoms with E-state index in [1.54, 1.807) is 42.2 Å². The Bertz CT molecular complexity index is 1040. The molecule has 1 aliphatic rings. The fourth-order valence-corrected chi connectivity index (χ4v) is 3.46. The van der Waals surface area contributed by atoms with Crippen LogP contribution in [0, 0.1) is 6.92 Å². The van der Waals surface area contributed by atoms with Crippen LogP contribution in [0.1, 0.15) is 40.4 Å². The molecule has 0 aliphatic carbocycles. The Morgan fingerprint density at radius 2 is 2.25 bits per heavy atom. The van der Waals surface area contributed by atoms with Crippen molar-refractivity contribution in [2.75, 3.05) is 18.4 Å². The number of carbonyl (C=O) groups is 1. The van der Waals surface area contributed by atoms with Crippen LogP contribution >= 0.6 is 0 Å². The standard InChI is InChI=1S/C20H21N5O3/c1-13-8-17(14-4-3-7-21-10-14)28-20(27)18(13)19(26)24-15-5-2-6-16(9-15)25-12-22-11-23-25/h2,5-6,8-9,11-12,14,21H,3-4,7,10H2,1H3,(H,24,26). The first-order valence-corrected chi connectivity index (χ1v) is 9.23. The van der Waals surface area contributed by atoms with Crippen molar-refractivity contribution in [3.05, 3.63) is 70.3 Å². The minimum atomic E-state index is -0.606. The van der Waals surface area contributed by atoms with Gasteiger partial charge in [-0.3, -0.25) is 4.79 Å². The molecule has 4 rings (SSSR count). The highest BCUT2D eigenvalue weighted by molar-refractivity contribution is 6.05. The van der Waals surface area contributed by atoms with Gasteiger partial charge < -0.3 is 15.1 Å². The Hall–Kier alpha value is -3.26. The van der Waals surface area contributed by atoms with Gasteiger partial charge >= 0.3 is 5.63 Å². The topological polar surface area (TPSA) is 102 Å². The number of nitrogens with one attached hydrogen (secondary N) is 2. The van der Waals surface area contributed by atoms with Gasteiger partial charge in [0, 0.05) is 18.2 Å². The molecule has 144 valence electrons. The fourth-order valence-electron chi connectivity index (χ4n) is 3.46. The summed E-state index contributed by atoms with van der Waals surface area (Å²) in [6, 6.07) is 8.95. The van der Waals surface area contributed by atoms with E-state index in [1.807, 2.05) is 6.07 Å². The molecule has 3 aromatic rings. The van der Waals surface area contributed by atoms with E-state index in [2.05, 4.69) is 20.7 Å². The van der Waals surface area contributed by atoms with Gasteiger partial charge in [-0.15, -0.1) is 0 Å². The van der Waals surface area contributed by atoms with Crippen LogP contribution < -0.4 is 16.3 Å². The number of hydrogen-bond acceptors (Lipinski definition) is 6. The van der Waals surface area contributed by atoms with Crippen molar-refractivity contribution in [1.29, 1.82) is 0 Å². The minimum absolute atomic E-state index is 0.0266. The molecule has 2 N–H and O–H groups in total. The minimum Gasteiger partial charge on any atom is -0.427 e. The zero-order chi connectivity index (χ0) is 19.5. The molecule has 8 nitrogen and oxygen atoms in total. The van der Waals surface area contributed by atoms with Gasteiger partial charge in [0.2, 0.25) is 0 Å². The normalized spacial score (nSPS) is 16.7. The third-order valence-electron chi connectivity index (χ3n) is 4.88. The zero-order valence-electron chi connectivity index (χ0n) is 15.5. The highest BCUT2D eigenvalue weighted by Gasteiger charge is 2.22. The van der Waals surface area contributed by atoms with E-state index >= 15 is 0 Å². The Balaban J connectivity index is 1.57. The van der Waals surface area contributed by atoms with Crippen LogP contribution in [0.4, 0.5) is 5.69 Å². The molecule has 1 saturated heterocycles. The average Bonchev–Trinajstić information content (AvgIpc) is 3.23. The summed E-state index contributed by atoms with van der Waals surface area (Å²) >= 11 is 0. The summed E-state index contributed by atoms with van der Waals surface area (Å²) in [6.07, 6.45) is 5.01. The molecule has 1 fully saturated rings. The van der Waals surface area contributed by atoms with Crippen molar-refractivity contribution >= 4 is 11.6 Å². The molecule has 1 atom stereocenters. The summed E-state index contributed by atoms with van der Waals surface area (Å²) < 4.78 is 7.08. The van der Waals surface area contributed by atoms with Crippen LogP contribution in [0.5, 0.6) is 0 Å². The third-order valence-corrected chi connectivity index (χ3v) is 4.88. The molecule has 0 radical (unpaired) electrons. The zero-order valence-corrected chi connectivity index (χ0v) is 15.5. The number of nitrogens with zero attached hydrogens (tertiary/aromatic N) is 3. The number of hydrogen-bond donors (Lipinski definition) is 2. The largest absolute Gasteiger partial charge is 0.427 e. The monoisotopic (exact) mass is 379 g/mol. The van der Waals surface area contributed by atoms with Crippen molar-refractivity contribution in [1.82, 2.24) is 20.1 Å². The lowest BCUT2D eigenvalue weighted by atomic mass is 9.95. The van der Waals surface area contributed by atoms with Crippen LogP contribution in [0.3, 0.4) is 0 Å². The summed E-state index contributed by atoms with van der Waals surface area (Å²) in [5.74, 6) is 0.311. The Morgan fingerprint density at radius 1 is 1.36 bits per heavy atom. The molecule has 1 aliphatic heterocycles. The molecule has 1 aromatic carbocycles. The smallest absolute Gasteiger partial charge is 0.349 e. The molecule has 0 spiro atoms. The van der Waals surface area contributed by atoms with E-state index in [0.29, 0.717) is 17.0 Å². The van der Waals surface area contributed by atoms with Gasteiger partial charge in [0.15, 0.2) is 0 Å². The van der Waals surface area contributed by atoms with Crippen LogP contribution in [-0.4, -0.2) is 33.8 Å². The number of piperidine rings is 1. The van der Waals surface area contributed by atoms with Gasteiger partial charge in [-0.05, 0) is 56.1 Å². The second-order valence-electron chi connectivity index (χ2n) is 6.88. The summed E-state index contributed by atoms with van der Waals surface area (Å²) in [5, 5.41) is 10.1. The predicted octanol–water partition coefficient (Wildman–Crippen LogP) is 2.25. The molecule has 0 saturated carbocycles. The maximum absolute atomic E-state index is 12.7. The molecule has 1 amide bonds. The first-order chi connectivity index (χ1) is 13.6. The van der Waals surface area contributed by atoms with E-state index in [-0.39, 0.29) is 11.5 Å². The first kappa shape index (κ1) is 18.1. The van der Waals surface area contributed by atoms with Gasteiger partial charge in [0.1, 0.15) is 24.0 Å². The number of anilines is 1. The van der Waals surface area contributed by atoms with Crippen molar-refractivity contribution in [3.8, 4) is 5.69 Å². The summed E-state index contributed by atoms with van der Waals surface area (Å²) in [6.45, 7) is 3.52. The average molecular weight is 379 g/mol. The second-order valence-corrected chi connectivity index (χ2v) is 6.88. The number of benzene rings is 1. The van der Waals surface area contributed by atoms with E-state index in [0.717, 1.165) is 31.6 Å². The van der Waals surface area contributed by atoms with E-state index in [4.69, 9.17) is 4.42 Å². The second kappa shape index (κ2) is 7.77. The SMILES string of the molecule is Cc1cc(C2CCCNC2)oc(=O)c1C(=O)Nc1cccc(-n2cncn2)c1. The number of aryl methyl sites for hydroxylation is 1. The molecular formula is C20H21N5O3. The van der Waals surface area contributed by atoms with Crippen molar-refractivity contribution < 1.29 is 9.21 Å². The number of amides is 1. The van der Waals surface area contributed by atoms with Crippen molar-refractivity contribution in [2.24, 2.45) is 0 Å². The Morgan fingerprint density at radius 3 is 2.96 bits per heavy atom.